The van der Waals surface area contributed by atoms with Crippen molar-refractivity contribution in [2.45, 2.75) is 19.3 Å². The summed E-state index contributed by atoms with van der Waals surface area (Å²) >= 11 is 0. The van der Waals surface area contributed by atoms with Crippen molar-refractivity contribution in [3.63, 3.8) is 0 Å². The standard InChI is InChI=1S/C37H25N3/c1-37(2)31-20-29-25-14-6-4-12-23(25)22-11-3-5-13-24(22)28(29)19-30(31)35-32(37)21-38-36(39-35)40-33-17-9-7-15-26(33)27-16-8-10-18-34(27)40/h3-21H,1-2H3. The van der Waals surface area contributed by atoms with Gasteiger partial charge in [-0.2, -0.15) is 0 Å². The molecule has 40 heavy (non-hydrogen) atoms. The van der Waals surface area contributed by atoms with E-state index >= 15 is 0 Å². The first kappa shape index (κ1) is 21.9. The molecule has 6 aromatic carbocycles. The highest BCUT2D eigenvalue weighted by Crippen LogP contribution is 2.50. The third kappa shape index (κ3) is 2.69. The molecule has 0 N–H and O–H groups in total. The van der Waals surface area contributed by atoms with Crippen LogP contribution >= 0.6 is 0 Å². The van der Waals surface area contributed by atoms with Gasteiger partial charge in [0, 0.05) is 33.5 Å². The van der Waals surface area contributed by atoms with E-state index in [1.54, 1.807) is 0 Å². The van der Waals surface area contributed by atoms with Crippen LogP contribution in [0, 0.1) is 0 Å². The van der Waals surface area contributed by atoms with Crippen LogP contribution in [0.15, 0.2) is 115 Å². The number of nitrogens with zero attached hydrogens (tertiary/aromatic N) is 3. The molecule has 3 heteroatoms. The van der Waals surface area contributed by atoms with Crippen molar-refractivity contribution in [3.05, 3.63) is 127 Å². The van der Waals surface area contributed by atoms with E-state index in [4.69, 9.17) is 9.97 Å². The number of para-hydroxylation sites is 2. The number of benzene rings is 6. The summed E-state index contributed by atoms with van der Waals surface area (Å²) in [5, 5.41) is 10.2. The van der Waals surface area contributed by atoms with E-state index < -0.39 is 0 Å². The largest absolute Gasteiger partial charge is 0.278 e. The molecular formula is C37H25N3. The minimum Gasteiger partial charge on any atom is -0.278 e. The molecule has 0 bridgehead atoms. The van der Waals surface area contributed by atoms with Gasteiger partial charge in [0.2, 0.25) is 5.95 Å². The summed E-state index contributed by atoms with van der Waals surface area (Å²) in [6, 6.07) is 39.4. The molecule has 0 saturated heterocycles. The molecule has 2 aromatic heterocycles. The minimum atomic E-state index is -0.203. The van der Waals surface area contributed by atoms with Crippen LogP contribution in [0.5, 0.6) is 0 Å². The topological polar surface area (TPSA) is 30.7 Å². The van der Waals surface area contributed by atoms with Crippen LogP contribution in [0.25, 0.3) is 71.3 Å². The molecule has 0 unspecified atom stereocenters. The van der Waals surface area contributed by atoms with Crippen LogP contribution in [0.2, 0.25) is 0 Å². The van der Waals surface area contributed by atoms with Gasteiger partial charge in [0.25, 0.3) is 0 Å². The Kier molecular flexibility index (Phi) is 4.13. The lowest BCUT2D eigenvalue weighted by atomic mass is 9.81. The zero-order valence-electron chi connectivity index (χ0n) is 22.3. The molecule has 0 saturated carbocycles. The second kappa shape index (κ2) is 7.55. The van der Waals surface area contributed by atoms with Crippen LogP contribution in [-0.2, 0) is 5.41 Å². The summed E-state index contributed by atoms with van der Waals surface area (Å²) in [6.07, 6.45) is 2.06. The Morgan fingerprint density at radius 1 is 0.525 bits per heavy atom. The second-order valence-corrected chi connectivity index (χ2v) is 11.5. The summed E-state index contributed by atoms with van der Waals surface area (Å²) in [5.41, 5.74) is 6.77. The van der Waals surface area contributed by atoms with Gasteiger partial charge in [-0.05, 0) is 62.1 Å². The molecule has 0 fully saturated rings. The molecule has 9 rings (SSSR count). The van der Waals surface area contributed by atoms with Gasteiger partial charge >= 0.3 is 0 Å². The molecule has 1 aliphatic carbocycles. The molecule has 188 valence electrons. The zero-order valence-corrected chi connectivity index (χ0v) is 22.3. The average Bonchev–Trinajstić information content (AvgIpc) is 3.45. The van der Waals surface area contributed by atoms with E-state index in [1.165, 1.54) is 59.8 Å². The summed E-state index contributed by atoms with van der Waals surface area (Å²) in [4.78, 5) is 10.3. The van der Waals surface area contributed by atoms with Gasteiger partial charge in [0.05, 0.1) is 16.7 Å². The smallest absolute Gasteiger partial charge is 0.235 e. The van der Waals surface area contributed by atoms with Crippen molar-refractivity contribution in [1.29, 1.82) is 0 Å². The fourth-order valence-electron chi connectivity index (χ4n) is 7.09. The van der Waals surface area contributed by atoms with Gasteiger partial charge in [-0.3, -0.25) is 4.57 Å². The second-order valence-electron chi connectivity index (χ2n) is 11.5. The number of hydrogen-bond donors (Lipinski definition) is 0. The Labute approximate surface area is 231 Å². The highest BCUT2D eigenvalue weighted by atomic mass is 15.2. The Hall–Kier alpha value is -5.02. The zero-order chi connectivity index (χ0) is 26.6. The first-order valence-corrected chi connectivity index (χ1v) is 13.9. The molecule has 0 amide bonds. The molecule has 0 spiro atoms. The molecule has 3 nitrogen and oxygen atoms in total. The fraction of sp³-hybridized carbons (Fsp3) is 0.0811. The van der Waals surface area contributed by atoms with Crippen molar-refractivity contribution in [1.82, 2.24) is 14.5 Å². The maximum Gasteiger partial charge on any atom is 0.235 e. The van der Waals surface area contributed by atoms with Gasteiger partial charge in [-0.15, -0.1) is 0 Å². The highest BCUT2D eigenvalue weighted by Gasteiger charge is 2.38. The van der Waals surface area contributed by atoms with Crippen molar-refractivity contribution in [2.75, 3.05) is 0 Å². The summed E-state index contributed by atoms with van der Waals surface area (Å²) in [5.74, 6) is 0.711. The third-order valence-electron chi connectivity index (χ3n) is 9.04. The monoisotopic (exact) mass is 511 g/mol. The normalized spacial score (nSPS) is 13.9. The van der Waals surface area contributed by atoms with E-state index in [9.17, 15) is 0 Å². The molecule has 0 radical (unpaired) electrons. The summed E-state index contributed by atoms with van der Waals surface area (Å²) in [6.45, 7) is 4.60. The maximum atomic E-state index is 5.33. The van der Waals surface area contributed by atoms with Crippen LogP contribution in [0.1, 0.15) is 25.0 Å². The van der Waals surface area contributed by atoms with Crippen molar-refractivity contribution >= 4 is 54.1 Å². The first-order valence-electron chi connectivity index (χ1n) is 13.9. The number of fused-ring (bicyclic) bond motifs is 12. The van der Waals surface area contributed by atoms with E-state index in [1.807, 2.05) is 0 Å². The quantitative estimate of drug-likeness (QED) is 0.206. The van der Waals surface area contributed by atoms with E-state index in [0.717, 1.165) is 16.7 Å². The lowest BCUT2D eigenvalue weighted by Gasteiger charge is -2.21. The van der Waals surface area contributed by atoms with Gasteiger partial charge in [-0.25, -0.2) is 9.97 Å². The Balaban J connectivity index is 1.38. The maximum absolute atomic E-state index is 5.33. The summed E-state index contributed by atoms with van der Waals surface area (Å²) < 4.78 is 2.21. The van der Waals surface area contributed by atoms with Gasteiger partial charge in [0.15, 0.2) is 0 Å². The predicted octanol–water partition coefficient (Wildman–Crippen LogP) is 9.34. The van der Waals surface area contributed by atoms with Crippen LogP contribution in [0.4, 0.5) is 0 Å². The number of aromatic nitrogens is 3. The highest BCUT2D eigenvalue weighted by molar-refractivity contribution is 6.26. The van der Waals surface area contributed by atoms with Gasteiger partial charge in [0.1, 0.15) is 0 Å². The van der Waals surface area contributed by atoms with E-state index in [2.05, 4.69) is 134 Å². The van der Waals surface area contributed by atoms with Crippen LogP contribution in [-0.4, -0.2) is 14.5 Å². The molecule has 8 aromatic rings. The lowest BCUT2D eigenvalue weighted by Crippen LogP contribution is -2.16. The third-order valence-corrected chi connectivity index (χ3v) is 9.04. The number of hydrogen-bond acceptors (Lipinski definition) is 2. The molecule has 0 atom stereocenters. The Morgan fingerprint density at radius 3 is 1.57 bits per heavy atom. The number of rotatable bonds is 1. The minimum absolute atomic E-state index is 0.203. The Bertz CT molecular complexity index is 2300. The average molecular weight is 512 g/mol. The first-order chi connectivity index (χ1) is 19.6. The SMILES string of the molecule is CC1(C)c2cc3c4ccccc4c4ccccc4c3cc2-c2nc(-n3c4ccccc4c4ccccc43)ncc21. The van der Waals surface area contributed by atoms with Crippen molar-refractivity contribution in [2.24, 2.45) is 0 Å². The van der Waals surface area contributed by atoms with E-state index in [0.29, 0.717) is 5.95 Å². The lowest BCUT2D eigenvalue weighted by molar-refractivity contribution is 0.655. The van der Waals surface area contributed by atoms with Crippen molar-refractivity contribution < 1.29 is 0 Å². The fourth-order valence-corrected chi connectivity index (χ4v) is 7.09. The van der Waals surface area contributed by atoms with Crippen molar-refractivity contribution in [3.8, 4) is 17.2 Å². The van der Waals surface area contributed by atoms with Gasteiger partial charge < -0.3 is 0 Å². The molecule has 1 aliphatic rings. The molecule has 0 aliphatic heterocycles. The Morgan fingerprint density at radius 2 is 1.00 bits per heavy atom. The van der Waals surface area contributed by atoms with Crippen LogP contribution < -0.4 is 0 Å². The molecule has 2 heterocycles. The van der Waals surface area contributed by atoms with Crippen LogP contribution in [0.3, 0.4) is 0 Å². The van der Waals surface area contributed by atoms with E-state index in [-0.39, 0.29) is 5.41 Å². The van der Waals surface area contributed by atoms with Gasteiger partial charge in [-0.1, -0.05) is 98.8 Å². The predicted molar refractivity (Wildman–Crippen MR) is 166 cm³/mol. The molecular weight excluding hydrogens is 486 g/mol. The summed E-state index contributed by atoms with van der Waals surface area (Å²) in [7, 11) is 0.